The van der Waals surface area contributed by atoms with E-state index in [2.05, 4.69) is 5.32 Å². The van der Waals surface area contributed by atoms with Crippen molar-refractivity contribution in [2.24, 2.45) is 0 Å². The van der Waals surface area contributed by atoms with Gasteiger partial charge in [0.25, 0.3) is 0 Å². The molecule has 19 heavy (non-hydrogen) atoms. The molecule has 1 aliphatic rings. The van der Waals surface area contributed by atoms with Crippen LogP contribution in [0.1, 0.15) is 18.0 Å². The molecule has 0 bridgehead atoms. The van der Waals surface area contributed by atoms with Gasteiger partial charge in [0, 0.05) is 6.54 Å². The van der Waals surface area contributed by atoms with Gasteiger partial charge < -0.3 is 10.2 Å². The SMILES string of the molecule is CSCCCN1C(=O)CNC(=O)C1c1ccccc1. The Labute approximate surface area is 117 Å². The molecule has 1 heterocycles. The third-order valence-electron chi connectivity index (χ3n) is 3.16. The fourth-order valence-corrected chi connectivity index (χ4v) is 2.66. The molecule has 1 N–H and O–H groups in total. The maximum absolute atomic E-state index is 12.1. The van der Waals surface area contributed by atoms with Crippen molar-refractivity contribution < 1.29 is 9.59 Å². The number of amides is 2. The normalized spacial score (nSPS) is 19.4. The van der Waals surface area contributed by atoms with Crippen LogP contribution in [0.2, 0.25) is 0 Å². The Morgan fingerprint density at radius 1 is 1.32 bits per heavy atom. The number of carbonyl (C=O) groups excluding carboxylic acids is 2. The molecule has 1 unspecified atom stereocenters. The van der Waals surface area contributed by atoms with Gasteiger partial charge in [0.05, 0.1) is 6.54 Å². The van der Waals surface area contributed by atoms with E-state index in [1.165, 1.54) is 0 Å². The van der Waals surface area contributed by atoms with Crippen molar-refractivity contribution in [3.8, 4) is 0 Å². The maximum atomic E-state index is 12.1. The molecular weight excluding hydrogens is 260 g/mol. The van der Waals surface area contributed by atoms with Gasteiger partial charge in [-0.1, -0.05) is 30.3 Å². The second-order valence-electron chi connectivity index (χ2n) is 4.46. The van der Waals surface area contributed by atoms with Crippen molar-refractivity contribution in [3.63, 3.8) is 0 Å². The fraction of sp³-hybridized carbons (Fsp3) is 0.429. The lowest BCUT2D eigenvalue weighted by Gasteiger charge is -2.35. The molecule has 5 heteroatoms. The monoisotopic (exact) mass is 278 g/mol. The number of nitrogens with zero attached hydrogens (tertiary/aromatic N) is 1. The van der Waals surface area contributed by atoms with E-state index in [4.69, 9.17) is 0 Å². The fourth-order valence-electron chi connectivity index (χ4n) is 2.25. The second kappa shape index (κ2) is 6.61. The van der Waals surface area contributed by atoms with Crippen LogP contribution >= 0.6 is 11.8 Å². The average molecular weight is 278 g/mol. The summed E-state index contributed by atoms with van der Waals surface area (Å²) in [5.74, 6) is 0.900. The summed E-state index contributed by atoms with van der Waals surface area (Å²) >= 11 is 1.75. The molecule has 1 aromatic rings. The zero-order valence-corrected chi connectivity index (χ0v) is 11.8. The van der Waals surface area contributed by atoms with Crippen LogP contribution in [0.25, 0.3) is 0 Å². The van der Waals surface area contributed by atoms with Gasteiger partial charge in [-0.2, -0.15) is 11.8 Å². The minimum absolute atomic E-state index is 0.00504. The molecule has 0 radical (unpaired) electrons. The van der Waals surface area contributed by atoms with Crippen molar-refractivity contribution in [1.29, 1.82) is 0 Å². The number of nitrogens with one attached hydrogen (secondary N) is 1. The first kappa shape index (κ1) is 13.9. The highest BCUT2D eigenvalue weighted by atomic mass is 32.2. The van der Waals surface area contributed by atoms with Crippen molar-refractivity contribution >= 4 is 23.6 Å². The quantitative estimate of drug-likeness (QED) is 0.829. The molecule has 0 aliphatic carbocycles. The lowest BCUT2D eigenvalue weighted by molar-refractivity contribution is -0.145. The van der Waals surface area contributed by atoms with Crippen LogP contribution in [-0.2, 0) is 9.59 Å². The number of rotatable bonds is 5. The second-order valence-corrected chi connectivity index (χ2v) is 5.45. The van der Waals surface area contributed by atoms with Crippen LogP contribution in [-0.4, -0.2) is 41.8 Å². The molecule has 1 aliphatic heterocycles. The molecule has 1 aromatic carbocycles. The van der Waals surface area contributed by atoms with Crippen LogP contribution < -0.4 is 5.32 Å². The summed E-state index contributed by atoms with van der Waals surface area (Å²) < 4.78 is 0. The third-order valence-corrected chi connectivity index (χ3v) is 3.85. The standard InChI is InChI=1S/C14H18N2O2S/c1-19-9-5-8-16-12(17)10-15-14(18)13(16)11-6-3-2-4-7-11/h2-4,6-7,13H,5,8-10H2,1H3,(H,15,18). The number of benzene rings is 1. The largest absolute Gasteiger partial charge is 0.345 e. The zero-order valence-electron chi connectivity index (χ0n) is 11.0. The third kappa shape index (κ3) is 3.29. The molecule has 4 nitrogen and oxygen atoms in total. The smallest absolute Gasteiger partial charge is 0.247 e. The van der Waals surface area contributed by atoms with Gasteiger partial charge in [0.15, 0.2) is 0 Å². The first-order valence-corrected chi connectivity index (χ1v) is 7.74. The topological polar surface area (TPSA) is 49.4 Å². The number of hydrogen-bond acceptors (Lipinski definition) is 3. The highest BCUT2D eigenvalue weighted by Gasteiger charge is 2.34. The summed E-state index contributed by atoms with van der Waals surface area (Å²) in [5, 5.41) is 2.67. The average Bonchev–Trinajstić information content (AvgIpc) is 2.44. The maximum Gasteiger partial charge on any atom is 0.247 e. The van der Waals surface area contributed by atoms with Gasteiger partial charge in [-0.05, 0) is 24.0 Å². The Morgan fingerprint density at radius 3 is 2.74 bits per heavy atom. The number of piperazine rings is 1. The molecule has 1 saturated heterocycles. The van der Waals surface area contributed by atoms with Crippen LogP contribution in [0.3, 0.4) is 0 Å². The van der Waals surface area contributed by atoms with E-state index in [0.29, 0.717) is 6.54 Å². The predicted octanol–water partition coefficient (Wildman–Crippen LogP) is 1.44. The molecule has 0 saturated carbocycles. The number of thioether (sulfide) groups is 1. The molecule has 0 spiro atoms. The van der Waals surface area contributed by atoms with E-state index < -0.39 is 6.04 Å². The zero-order chi connectivity index (χ0) is 13.7. The highest BCUT2D eigenvalue weighted by molar-refractivity contribution is 7.98. The van der Waals surface area contributed by atoms with Crippen molar-refractivity contribution in [2.45, 2.75) is 12.5 Å². The van der Waals surface area contributed by atoms with Gasteiger partial charge in [0.1, 0.15) is 6.04 Å². The van der Waals surface area contributed by atoms with Crippen molar-refractivity contribution in [3.05, 3.63) is 35.9 Å². The van der Waals surface area contributed by atoms with Gasteiger partial charge in [-0.25, -0.2) is 0 Å². The Bertz CT molecular complexity index is 450. The van der Waals surface area contributed by atoms with Gasteiger partial charge >= 0.3 is 0 Å². The Kier molecular flexibility index (Phi) is 4.85. The summed E-state index contributed by atoms with van der Waals surface area (Å²) in [6, 6.07) is 8.99. The summed E-state index contributed by atoms with van der Waals surface area (Å²) in [5.41, 5.74) is 0.872. The Hall–Kier alpha value is -1.49. The van der Waals surface area contributed by atoms with Gasteiger partial charge in [-0.3, -0.25) is 9.59 Å². The lowest BCUT2D eigenvalue weighted by atomic mass is 10.0. The van der Waals surface area contributed by atoms with Crippen molar-refractivity contribution in [1.82, 2.24) is 10.2 Å². The van der Waals surface area contributed by atoms with Crippen LogP contribution in [0.4, 0.5) is 0 Å². The van der Waals surface area contributed by atoms with E-state index in [9.17, 15) is 9.59 Å². The number of hydrogen-bond donors (Lipinski definition) is 1. The van der Waals surface area contributed by atoms with Crippen LogP contribution in [0, 0.1) is 0 Å². The first-order valence-electron chi connectivity index (χ1n) is 6.35. The summed E-state index contributed by atoms with van der Waals surface area (Å²) in [6.45, 7) is 0.744. The Morgan fingerprint density at radius 2 is 2.05 bits per heavy atom. The lowest BCUT2D eigenvalue weighted by Crippen LogP contribution is -2.53. The van der Waals surface area contributed by atoms with Crippen LogP contribution in [0.5, 0.6) is 0 Å². The van der Waals surface area contributed by atoms with E-state index in [1.807, 2.05) is 36.6 Å². The molecule has 2 rings (SSSR count). The minimum Gasteiger partial charge on any atom is -0.345 e. The van der Waals surface area contributed by atoms with E-state index in [-0.39, 0.29) is 18.4 Å². The summed E-state index contributed by atoms with van der Waals surface area (Å²) in [4.78, 5) is 25.8. The van der Waals surface area contributed by atoms with Crippen molar-refractivity contribution in [2.75, 3.05) is 25.1 Å². The molecule has 2 amide bonds. The summed E-state index contributed by atoms with van der Waals surface area (Å²) in [6.07, 6.45) is 2.95. The first-order chi connectivity index (χ1) is 9.24. The molecular formula is C14H18N2O2S. The number of carbonyl (C=O) groups is 2. The minimum atomic E-state index is -0.482. The van der Waals surface area contributed by atoms with E-state index in [1.54, 1.807) is 16.7 Å². The van der Waals surface area contributed by atoms with Crippen LogP contribution in [0.15, 0.2) is 30.3 Å². The molecule has 0 aromatic heterocycles. The van der Waals surface area contributed by atoms with E-state index >= 15 is 0 Å². The highest BCUT2D eigenvalue weighted by Crippen LogP contribution is 2.24. The molecule has 1 fully saturated rings. The van der Waals surface area contributed by atoms with Gasteiger partial charge in [0.2, 0.25) is 11.8 Å². The molecule has 102 valence electrons. The Balaban J connectivity index is 2.18. The van der Waals surface area contributed by atoms with E-state index in [0.717, 1.165) is 17.7 Å². The predicted molar refractivity (Wildman–Crippen MR) is 76.9 cm³/mol. The molecule has 1 atom stereocenters. The summed E-state index contributed by atoms with van der Waals surface area (Å²) in [7, 11) is 0. The van der Waals surface area contributed by atoms with Gasteiger partial charge in [-0.15, -0.1) is 0 Å².